The Bertz CT molecular complexity index is 584. The number of ether oxygens (including phenoxy) is 1. The fraction of sp³-hybridized carbons (Fsp3) is 0.889. The van der Waals surface area contributed by atoms with E-state index in [1.165, 1.54) is 0 Å². The Labute approximate surface area is 122 Å². The highest BCUT2D eigenvalue weighted by atomic mass is 32.2. The zero-order chi connectivity index (χ0) is 16.4. The summed E-state index contributed by atoms with van der Waals surface area (Å²) >= 11 is 0. The molecule has 0 aromatic carbocycles. The van der Waals surface area contributed by atoms with Gasteiger partial charge in [0.05, 0.1) is 25.2 Å². The van der Waals surface area contributed by atoms with E-state index in [-0.39, 0.29) is 6.61 Å². The third-order valence-corrected chi connectivity index (χ3v) is 3.59. The van der Waals surface area contributed by atoms with Gasteiger partial charge in [-0.25, -0.2) is 0 Å². The molecule has 21 heavy (non-hydrogen) atoms. The second kappa shape index (κ2) is 6.54. The van der Waals surface area contributed by atoms with Crippen molar-refractivity contribution in [2.45, 2.75) is 31.5 Å². The molecule has 1 heterocycles. The zero-order valence-electron chi connectivity index (χ0n) is 11.5. The van der Waals surface area contributed by atoms with Crippen LogP contribution in [0.4, 0.5) is 0 Å². The van der Waals surface area contributed by atoms with E-state index in [9.17, 15) is 26.7 Å². The van der Waals surface area contributed by atoms with Crippen LogP contribution >= 0.6 is 0 Å². The van der Waals surface area contributed by atoms with Crippen molar-refractivity contribution < 1.29 is 39.8 Å². The first kappa shape index (κ1) is 18.3. The molecule has 0 spiro atoms. The van der Waals surface area contributed by atoms with Gasteiger partial charge < -0.3 is 15.2 Å². The molecule has 0 aliphatic carbocycles. The first-order valence-electron chi connectivity index (χ1n) is 5.72. The van der Waals surface area contributed by atoms with Crippen LogP contribution in [0.25, 0.3) is 0 Å². The van der Waals surface area contributed by atoms with Gasteiger partial charge in [-0.1, -0.05) is 0 Å². The molecule has 124 valence electrons. The number of amides is 1. The molecule has 0 aromatic rings. The first-order chi connectivity index (χ1) is 9.39. The predicted octanol–water partition coefficient (Wildman–Crippen LogP) is -2.47. The van der Waals surface area contributed by atoms with Gasteiger partial charge in [0.1, 0.15) is 6.10 Å². The number of aliphatic hydroxyl groups excluding tert-OH is 1. The Balaban J connectivity index is 3.07. The molecular formula is C9H17NO9S2. The third kappa shape index (κ3) is 6.23. The summed E-state index contributed by atoms with van der Waals surface area (Å²) in [4.78, 5) is 11.2. The Morgan fingerprint density at radius 2 is 1.71 bits per heavy atom. The Hall–Kier alpha value is -0.790. The van der Waals surface area contributed by atoms with E-state index in [1.54, 1.807) is 0 Å². The van der Waals surface area contributed by atoms with Gasteiger partial charge >= 0.3 is 0 Å². The van der Waals surface area contributed by atoms with Crippen LogP contribution in [0.3, 0.4) is 0 Å². The van der Waals surface area contributed by atoms with Gasteiger partial charge in [-0.15, -0.1) is 0 Å². The van der Waals surface area contributed by atoms with Gasteiger partial charge in [-0.2, -0.15) is 16.8 Å². The molecule has 1 aliphatic heterocycles. The van der Waals surface area contributed by atoms with E-state index in [0.717, 1.165) is 19.4 Å². The highest BCUT2D eigenvalue weighted by molar-refractivity contribution is 7.86. The third-order valence-electron chi connectivity index (χ3n) is 2.42. The van der Waals surface area contributed by atoms with E-state index >= 15 is 0 Å². The highest BCUT2D eigenvalue weighted by Gasteiger charge is 2.45. The number of hydrogen-bond acceptors (Lipinski definition) is 9. The van der Waals surface area contributed by atoms with Crippen molar-refractivity contribution in [3.63, 3.8) is 0 Å². The zero-order valence-corrected chi connectivity index (χ0v) is 13.2. The molecule has 1 fully saturated rings. The van der Waals surface area contributed by atoms with Crippen LogP contribution in [-0.4, -0.2) is 71.5 Å². The van der Waals surface area contributed by atoms with Crippen LogP contribution in [0.5, 0.6) is 0 Å². The molecular weight excluding hydrogens is 330 g/mol. The molecule has 1 aliphatic rings. The van der Waals surface area contributed by atoms with Crippen LogP contribution in [0.15, 0.2) is 0 Å². The van der Waals surface area contributed by atoms with Crippen molar-refractivity contribution in [2.24, 2.45) is 0 Å². The monoisotopic (exact) mass is 347 g/mol. The molecule has 12 heteroatoms. The summed E-state index contributed by atoms with van der Waals surface area (Å²) in [5, 5.41) is 12.0. The molecule has 4 atom stereocenters. The van der Waals surface area contributed by atoms with Gasteiger partial charge in [0.2, 0.25) is 5.91 Å². The normalized spacial score (nSPS) is 30.9. The van der Waals surface area contributed by atoms with Crippen LogP contribution < -0.4 is 5.32 Å². The highest BCUT2D eigenvalue weighted by Crippen LogP contribution is 2.22. The molecule has 0 bridgehead atoms. The summed E-state index contributed by atoms with van der Waals surface area (Å²) in [6.45, 7) is 0.764. The van der Waals surface area contributed by atoms with Crippen molar-refractivity contribution in [1.82, 2.24) is 5.32 Å². The van der Waals surface area contributed by atoms with Crippen molar-refractivity contribution in [3.05, 3.63) is 0 Å². The van der Waals surface area contributed by atoms with Gasteiger partial charge in [-0.05, 0) is 0 Å². The average Bonchev–Trinajstić information content (AvgIpc) is 2.23. The molecule has 0 saturated carbocycles. The van der Waals surface area contributed by atoms with Crippen LogP contribution in [0.1, 0.15) is 6.92 Å². The second-order valence-electron chi connectivity index (χ2n) is 4.55. The summed E-state index contributed by atoms with van der Waals surface area (Å²) < 4.78 is 59.0. The number of carbonyl (C=O) groups is 1. The topological polar surface area (TPSA) is 145 Å². The Kier molecular flexibility index (Phi) is 5.69. The summed E-state index contributed by atoms with van der Waals surface area (Å²) in [7, 11) is -7.88. The number of hydrogen-bond donors (Lipinski definition) is 2. The molecule has 10 nitrogen and oxygen atoms in total. The van der Waals surface area contributed by atoms with Gasteiger partial charge in [-0.3, -0.25) is 13.2 Å². The van der Waals surface area contributed by atoms with Crippen molar-refractivity contribution in [3.8, 4) is 0 Å². The fourth-order valence-corrected chi connectivity index (χ4v) is 3.05. The molecule has 1 rings (SSSR count). The minimum Gasteiger partial charge on any atom is -0.366 e. The Morgan fingerprint density at radius 1 is 1.19 bits per heavy atom. The smallest absolute Gasteiger partial charge is 0.264 e. The molecule has 0 radical (unpaired) electrons. The van der Waals surface area contributed by atoms with Gasteiger partial charge in [0.15, 0.2) is 12.4 Å². The van der Waals surface area contributed by atoms with Crippen LogP contribution in [0.2, 0.25) is 0 Å². The van der Waals surface area contributed by atoms with Crippen molar-refractivity contribution in [2.75, 3.05) is 19.1 Å². The maximum absolute atomic E-state index is 11.2. The molecule has 2 N–H and O–H groups in total. The van der Waals surface area contributed by atoms with Crippen molar-refractivity contribution >= 4 is 26.1 Å². The molecule has 1 amide bonds. The predicted molar refractivity (Wildman–Crippen MR) is 69.0 cm³/mol. The van der Waals surface area contributed by atoms with Crippen molar-refractivity contribution in [1.29, 1.82) is 0 Å². The Morgan fingerprint density at radius 3 is 2.14 bits per heavy atom. The molecule has 0 aromatic heterocycles. The molecule has 1 saturated heterocycles. The number of nitrogens with one attached hydrogen (secondary N) is 1. The lowest BCUT2D eigenvalue weighted by atomic mass is 10.0. The first-order valence-corrected chi connectivity index (χ1v) is 9.35. The number of carbonyl (C=O) groups excluding carboxylic acids is 1. The lowest BCUT2D eigenvalue weighted by Crippen LogP contribution is -2.62. The van der Waals surface area contributed by atoms with Gasteiger partial charge in [0.25, 0.3) is 20.2 Å². The standard InChI is InChI=1S/C9H17NO9S2/c1-5(11)10-7-6(18-20(2,13)14)4-17-9(12)8(7)19-21(3,15)16/h6-9,12H,4H2,1-3H3,(H,10,11)/t6-,7+,8-,9-/m1/s1. The van der Waals surface area contributed by atoms with E-state index in [4.69, 9.17) is 8.92 Å². The summed E-state index contributed by atoms with van der Waals surface area (Å²) in [6.07, 6.45) is -2.92. The summed E-state index contributed by atoms with van der Waals surface area (Å²) in [5.74, 6) is -0.585. The minimum absolute atomic E-state index is 0.372. The van der Waals surface area contributed by atoms with E-state index in [2.05, 4.69) is 9.50 Å². The van der Waals surface area contributed by atoms with Gasteiger partial charge in [0, 0.05) is 6.92 Å². The average molecular weight is 347 g/mol. The summed E-state index contributed by atoms with van der Waals surface area (Å²) in [5.41, 5.74) is 0. The van der Waals surface area contributed by atoms with E-state index in [1.807, 2.05) is 0 Å². The fourth-order valence-electron chi connectivity index (χ4n) is 1.81. The molecule has 0 unspecified atom stereocenters. The SMILES string of the molecule is CC(=O)N[C@@H]1[C@@H](OS(C)(=O)=O)[C@H](O)OC[C@H]1OS(C)(=O)=O. The lowest BCUT2D eigenvalue weighted by molar-refractivity contribution is -0.210. The maximum Gasteiger partial charge on any atom is 0.264 e. The minimum atomic E-state index is -3.99. The van der Waals surface area contributed by atoms with Crippen LogP contribution in [0, 0.1) is 0 Å². The van der Waals surface area contributed by atoms with E-state index < -0.39 is 50.7 Å². The number of aliphatic hydroxyl groups is 1. The largest absolute Gasteiger partial charge is 0.366 e. The quantitative estimate of drug-likeness (QED) is 0.517. The summed E-state index contributed by atoms with van der Waals surface area (Å²) in [6, 6.07) is -1.23. The van der Waals surface area contributed by atoms with E-state index in [0.29, 0.717) is 0 Å². The second-order valence-corrected chi connectivity index (χ2v) is 7.76. The van der Waals surface area contributed by atoms with Crippen LogP contribution in [-0.2, 0) is 38.1 Å². The maximum atomic E-state index is 11.2. The lowest BCUT2D eigenvalue weighted by Gasteiger charge is -2.39. The number of rotatable bonds is 5.